The van der Waals surface area contributed by atoms with Crippen LogP contribution >= 0.6 is 0 Å². The summed E-state index contributed by atoms with van der Waals surface area (Å²) in [6.07, 6.45) is 7.19. The molecular weight excluding hydrogens is 276 g/mol. The molecule has 0 spiro atoms. The van der Waals surface area contributed by atoms with Gasteiger partial charge in [0, 0.05) is 18.5 Å². The molecule has 1 aliphatic rings. The van der Waals surface area contributed by atoms with E-state index < -0.39 is 0 Å². The number of aryl methyl sites for hydroxylation is 1. The number of anilines is 1. The van der Waals surface area contributed by atoms with E-state index in [9.17, 15) is 0 Å². The molecule has 22 heavy (non-hydrogen) atoms. The number of fused-ring (bicyclic) bond motifs is 1. The number of aromatic nitrogens is 5. The van der Waals surface area contributed by atoms with Crippen molar-refractivity contribution in [3.05, 3.63) is 42.7 Å². The number of hydrogen-bond donors (Lipinski definition) is 0. The van der Waals surface area contributed by atoms with Gasteiger partial charge in [0.1, 0.15) is 24.8 Å². The van der Waals surface area contributed by atoms with Crippen LogP contribution in [0, 0.1) is 6.92 Å². The molecule has 1 aromatic carbocycles. The van der Waals surface area contributed by atoms with Crippen molar-refractivity contribution in [2.75, 3.05) is 18.0 Å². The summed E-state index contributed by atoms with van der Waals surface area (Å²) in [5.41, 5.74) is 2.25. The van der Waals surface area contributed by atoms with Crippen LogP contribution in [0.4, 0.5) is 5.82 Å². The highest BCUT2D eigenvalue weighted by molar-refractivity contribution is 5.89. The zero-order valence-corrected chi connectivity index (χ0v) is 12.6. The second-order valence-corrected chi connectivity index (χ2v) is 5.81. The average molecular weight is 294 g/mol. The standard InChI is InChI=1S/C16H18N6/c1-12-2-3-15-14(8-12)16(19-10-18-15)21-6-4-13(5-7-21)22-11-17-9-20-22/h2-3,8-11,13H,4-7H2,1H3. The van der Waals surface area contributed by atoms with E-state index in [1.54, 1.807) is 12.7 Å². The van der Waals surface area contributed by atoms with Gasteiger partial charge in [-0.2, -0.15) is 5.10 Å². The van der Waals surface area contributed by atoms with Crippen LogP contribution in [0.25, 0.3) is 10.9 Å². The van der Waals surface area contributed by atoms with Crippen molar-refractivity contribution >= 4 is 16.7 Å². The molecule has 4 rings (SSSR count). The van der Waals surface area contributed by atoms with Crippen molar-refractivity contribution in [3.8, 4) is 0 Å². The van der Waals surface area contributed by atoms with Gasteiger partial charge in [0.05, 0.1) is 11.6 Å². The van der Waals surface area contributed by atoms with Crippen molar-refractivity contribution in [1.82, 2.24) is 24.7 Å². The summed E-state index contributed by atoms with van der Waals surface area (Å²) in [7, 11) is 0. The van der Waals surface area contributed by atoms with Crippen molar-refractivity contribution in [2.45, 2.75) is 25.8 Å². The van der Waals surface area contributed by atoms with Crippen LogP contribution in [0.1, 0.15) is 24.4 Å². The van der Waals surface area contributed by atoms with Gasteiger partial charge >= 0.3 is 0 Å². The summed E-state index contributed by atoms with van der Waals surface area (Å²) < 4.78 is 1.97. The molecule has 3 aromatic rings. The second-order valence-electron chi connectivity index (χ2n) is 5.81. The predicted molar refractivity (Wildman–Crippen MR) is 84.8 cm³/mol. The minimum Gasteiger partial charge on any atom is -0.356 e. The maximum atomic E-state index is 4.54. The molecule has 0 saturated carbocycles. The number of hydrogen-bond acceptors (Lipinski definition) is 5. The van der Waals surface area contributed by atoms with E-state index in [-0.39, 0.29) is 0 Å². The molecule has 3 heterocycles. The summed E-state index contributed by atoms with van der Waals surface area (Å²) in [6.45, 7) is 4.06. The molecule has 1 fully saturated rings. The van der Waals surface area contributed by atoms with Crippen molar-refractivity contribution in [1.29, 1.82) is 0 Å². The third-order valence-corrected chi connectivity index (χ3v) is 4.34. The van der Waals surface area contributed by atoms with E-state index in [4.69, 9.17) is 0 Å². The highest BCUT2D eigenvalue weighted by Gasteiger charge is 2.23. The quantitative estimate of drug-likeness (QED) is 0.726. The number of nitrogens with zero attached hydrogens (tertiary/aromatic N) is 6. The molecule has 2 aromatic heterocycles. The molecule has 0 N–H and O–H groups in total. The molecule has 112 valence electrons. The normalized spacial score (nSPS) is 16.3. The molecular formula is C16H18N6. The highest BCUT2D eigenvalue weighted by Crippen LogP contribution is 2.29. The van der Waals surface area contributed by atoms with E-state index in [1.807, 2.05) is 11.0 Å². The Labute approximate surface area is 128 Å². The molecule has 0 aliphatic carbocycles. The maximum absolute atomic E-state index is 4.54. The van der Waals surface area contributed by atoms with Gasteiger partial charge in [0.15, 0.2) is 0 Å². The third kappa shape index (κ3) is 2.30. The molecule has 0 amide bonds. The first-order valence-corrected chi connectivity index (χ1v) is 7.62. The van der Waals surface area contributed by atoms with Gasteiger partial charge in [-0.15, -0.1) is 0 Å². The Bertz CT molecular complexity index is 774. The third-order valence-electron chi connectivity index (χ3n) is 4.34. The topological polar surface area (TPSA) is 59.7 Å². The molecule has 0 bridgehead atoms. The Morgan fingerprint density at radius 1 is 1.09 bits per heavy atom. The monoisotopic (exact) mass is 294 g/mol. The van der Waals surface area contributed by atoms with Crippen LogP contribution in [0.2, 0.25) is 0 Å². The summed E-state index contributed by atoms with van der Waals surface area (Å²) in [5, 5.41) is 5.40. The lowest BCUT2D eigenvalue weighted by Crippen LogP contribution is -2.35. The Morgan fingerprint density at radius 2 is 1.95 bits per heavy atom. The maximum Gasteiger partial charge on any atom is 0.139 e. The largest absolute Gasteiger partial charge is 0.356 e. The minimum atomic E-state index is 0.439. The smallest absolute Gasteiger partial charge is 0.139 e. The summed E-state index contributed by atoms with van der Waals surface area (Å²) in [6, 6.07) is 6.77. The first kappa shape index (κ1) is 13.2. The fourth-order valence-corrected chi connectivity index (χ4v) is 3.16. The van der Waals surface area contributed by atoms with E-state index in [2.05, 4.69) is 50.1 Å². The summed E-state index contributed by atoms with van der Waals surface area (Å²) in [4.78, 5) is 15.3. The van der Waals surface area contributed by atoms with Gasteiger partial charge in [-0.25, -0.2) is 19.6 Å². The van der Waals surface area contributed by atoms with Gasteiger partial charge in [-0.3, -0.25) is 0 Å². The van der Waals surface area contributed by atoms with Gasteiger partial charge in [0.2, 0.25) is 0 Å². The van der Waals surface area contributed by atoms with Crippen molar-refractivity contribution in [3.63, 3.8) is 0 Å². The molecule has 6 nitrogen and oxygen atoms in total. The molecule has 0 unspecified atom stereocenters. The first-order valence-electron chi connectivity index (χ1n) is 7.62. The fraction of sp³-hybridized carbons (Fsp3) is 0.375. The predicted octanol–water partition coefficient (Wildman–Crippen LogP) is 2.37. The van der Waals surface area contributed by atoms with Crippen LogP contribution in [0.5, 0.6) is 0 Å². The van der Waals surface area contributed by atoms with Crippen LogP contribution in [0.15, 0.2) is 37.2 Å². The van der Waals surface area contributed by atoms with E-state index in [1.165, 1.54) is 5.56 Å². The molecule has 0 atom stereocenters. The first-order chi connectivity index (χ1) is 10.8. The van der Waals surface area contributed by atoms with Crippen molar-refractivity contribution < 1.29 is 0 Å². The Balaban J connectivity index is 1.60. The highest BCUT2D eigenvalue weighted by atomic mass is 15.3. The van der Waals surface area contributed by atoms with Crippen LogP contribution in [-0.2, 0) is 0 Å². The Kier molecular flexibility index (Phi) is 3.21. The number of rotatable bonds is 2. The lowest BCUT2D eigenvalue weighted by atomic mass is 10.0. The average Bonchev–Trinajstić information content (AvgIpc) is 3.09. The van der Waals surface area contributed by atoms with Gasteiger partial charge < -0.3 is 4.90 Å². The Hall–Kier alpha value is -2.50. The van der Waals surface area contributed by atoms with Crippen LogP contribution in [0.3, 0.4) is 0 Å². The zero-order chi connectivity index (χ0) is 14.9. The van der Waals surface area contributed by atoms with E-state index in [0.29, 0.717) is 6.04 Å². The lowest BCUT2D eigenvalue weighted by molar-refractivity contribution is 0.365. The van der Waals surface area contributed by atoms with Crippen LogP contribution in [-0.4, -0.2) is 37.8 Å². The summed E-state index contributed by atoms with van der Waals surface area (Å²) >= 11 is 0. The van der Waals surface area contributed by atoms with Gasteiger partial charge in [-0.05, 0) is 31.9 Å². The minimum absolute atomic E-state index is 0.439. The molecule has 6 heteroatoms. The van der Waals surface area contributed by atoms with Gasteiger partial charge in [-0.1, -0.05) is 11.6 Å². The van der Waals surface area contributed by atoms with E-state index in [0.717, 1.165) is 42.7 Å². The van der Waals surface area contributed by atoms with Crippen molar-refractivity contribution in [2.24, 2.45) is 0 Å². The summed E-state index contributed by atoms with van der Waals surface area (Å²) in [5.74, 6) is 1.05. The van der Waals surface area contributed by atoms with E-state index >= 15 is 0 Å². The van der Waals surface area contributed by atoms with Gasteiger partial charge in [0.25, 0.3) is 0 Å². The fourth-order valence-electron chi connectivity index (χ4n) is 3.16. The SMILES string of the molecule is Cc1ccc2ncnc(N3CCC(n4cncn4)CC3)c2c1. The second kappa shape index (κ2) is 5.36. The molecule has 1 aliphatic heterocycles. The molecule has 1 saturated heterocycles. The van der Waals surface area contributed by atoms with Crippen LogP contribution < -0.4 is 4.90 Å². The Morgan fingerprint density at radius 3 is 2.73 bits per heavy atom. The zero-order valence-electron chi connectivity index (χ0n) is 12.6. The number of benzene rings is 1. The molecule has 0 radical (unpaired) electrons. The number of piperidine rings is 1. The lowest BCUT2D eigenvalue weighted by Gasteiger charge is -2.33.